The summed E-state index contributed by atoms with van der Waals surface area (Å²) in [6, 6.07) is 6.76. The minimum Gasteiger partial charge on any atom is -0.370 e. The number of amides is 1. The van der Waals surface area contributed by atoms with E-state index >= 15 is 0 Å². The molecule has 7 heteroatoms. The summed E-state index contributed by atoms with van der Waals surface area (Å²) >= 11 is 1.40. The van der Waals surface area contributed by atoms with E-state index in [1.165, 1.54) is 23.5 Å². The molecular formula is C17H16F3NO2S. The zero-order valence-electron chi connectivity index (χ0n) is 13.0. The van der Waals surface area contributed by atoms with Gasteiger partial charge in [-0.2, -0.15) is 13.2 Å². The molecule has 1 aliphatic heterocycles. The molecule has 1 aliphatic rings. The highest BCUT2D eigenvalue weighted by Crippen LogP contribution is 2.31. The lowest BCUT2D eigenvalue weighted by atomic mass is 10.0. The fourth-order valence-electron chi connectivity index (χ4n) is 2.62. The van der Waals surface area contributed by atoms with Crippen molar-refractivity contribution < 1.29 is 22.7 Å². The van der Waals surface area contributed by atoms with Crippen molar-refractivity contribution in [2.24, 2.45) is 0 Å². The molecule has 3 rings (SSSR count). The lowest BCUT2D eigenvalue weighted by Gasteiger charge is -2.33. The maximum atomic E-state index is 12.6. The monoisotopic (exact) mass is 355 g/mol. The number of ether oxygens (including phenoxy) is 1. The molecule has 1 aromatic heterocycles. The minimum absolute atomic E-state index is 0.0617. The van der Waals surface area contributed by atoms with E-state index in [1.54, 1.807) is 4.90 Å². The van der Waals surface area contributed by atoms with Gasteiger partial charge in [-0.3, -0.25) is 4.79 Å². The van der Waals surface area contributed by atoms with Crippen LogP contribution in [0.2, 0.25) is 0 Å². The second-order valence-corrected chi connectivity index (χ2v) is 6.63. The smallest absolute Gasteiger partial charge is 0.370 e. The largest absolute Gasteiger partial charge is 0.416 e. The maximum absolute atomic E-state index is 12.6. The topological polar surface area (TPSA) is 29.5 Å². The van der Waals surface area contributed by atoms with Gasteiger partial charge in [0, 0.05) is 6.54 Å². The third-order valence-electron chi connectivity index (χ3n) is 3.90. The highest BCUT2D eigenvalue weighted by Gasteiger charge is 2.31. The van der Waals surface area contributed by atoms with Crippen LogP contribution in [0.4, 0.5) is 13.2 Å². The van der Waals surface area contributed by atoms with Gasteiger partial charge in [-0.15, -0.1) is 11.3 Å². The number of alkyl halides is 3. The Hall–Kier alpha value is -1.86. The predicted octanol–water partition coefficient (Wildman–Crippen LogP) is 4.29. The van der Waals surface area contributed by atoms with Crippen molar-refractivity contribution in [3.8, 4) is 0 Å². The fourth-order valence-corrected chi connectivity index (χ4v) is 3.49. The number of hydrogen-bond donors (Lipinski definition) is 0. The van der Waals surface area contributed by atoms with Crippen molar-refractivity contribution in [3.05, 3.63) is 57.3 Å². The van der Waals surface area contributed by atoms with Crippen molar-refractivity contribution in [2.45, 2.75) is 19.2 Å². The number of carbonyl (C=O) groups is 1. The van der Waals surface area contributed by atoms with Gasteiger partial charge in [-0.25, -0.2) is 0 Å². The van der Waals surface area contributed by atoms with Gasteiger partial charge >= 0.3 is 6.18 Å². The predicted molar refractivity (Wildman–Crippen MR) is 85.1 cm³/mol. The average molecular weight is 355 g/mol. The van der Waals surface area contributed by atoms with Crippen LogP contribution in [0.5, 0.6) is 0 Å². The van der Waals surface area contributed by atoms with E-state index in [0.717, 1.165) is 17.7 Å². The van der Waals surface area contributed by atoms with Crippen LogP contribution in [0.15, 0.2) is 35.7 Å². The van der Waals surface area contributed by atoms with E-state index in [4.69, 9.17) is 4.74 Å². The van der Waals surface area contributed by atoms with Crippen LogP contribution in [0.1, 0.15) is 32.5 Å². The Morgan fingerprint density at radius 1 is 1.29 bits per heavy atom. The molecule has 0 aliphatic carbocycles. The SMILES string of the molecule is Cc1csc(C(=O)N2CCOC(c3ccc(C(F)(F)F)cc3)C2)c1. The molecule has 3 nitrogen and oxygen atoms in total. The Balaban J connectivity index is 1.72. The highest BCUT2D eigenvalue weighted by molar-refractivity contribution is 7.12. The Morgan fingerprint density at radius 2 is 2.00 bits per heavy atom. The zero-order chi connectivity index (χ0) is 17.3. The Bertz CT molecular complexity index is 724. The molecule has 2 heterocycles. The highest BCUT2D eigenvalue weighted by atomic mass is 32.1. The number of benzene rings is 1. The summed E-state index contributed by atoms with van der Waals surface area (Å²) in [5, 5.41) is 1.92. The fraction of sp³-hybridized carbons (Fsp3) is 0.353. The Kier molecular flexibility index (Phi) is 4.64. The van der Waals surface area contributed by atoms with E-state index < -0.39 is 17.8 Å². The van der Waals surface area contributed by atoms with Crippen molar-refractivity contribution in [1.29, 1.82) is 0 Å². The first kappa shape index (κ1) is 17.0. The van der Waals surface area contributed by atoms with Gasteiger partial charge in [0.2, 0.25) is 0 Å². The summed E-state index contributed by atoms with van der Waals surface area (Å²) in [6.45, 7) is 3.10. The molecule has 1 saturated heterocycles. The summed E-state index contributed by atoms with van der Waals surface area (Å²) in [5.41, 5.74) is 0.989. The summed E-state index contributed by atoms with van der Waals surface area (Å²) in [6.07, 6.45) is -4.77. The van der Waals surface area contributed by atoms with Crippen LogP contribution in [-0.4, -0.2) is 30.5 Å². The van der Waals surface area contributed by atoms with Crippen LogP contribution in [-0.2, 0) is 10.9 Å². The third-order valence-corrected chi connectivity index (χ3v) is 4.94. The minimum atomic E-state index is -4.36. The van der Waals surface area contributed by atoms with Crippen LogP contribution in [0, 0.1) is 6.92 Å². The lowest BCUT2D eigenvalue weighted by Crippen LogP contribution is -2.42. The Labute approximate surface area is 141 Å². The normalized spacial score (nSPS) is 18.7. The van der Waals surface area contributed by atoms with E-state index in [0.29, 0.717) is 30.1 Å². The van der Waals surface area contributed by atoms with Crippen LogP contribution in [0.25, 0.3) is 0 Å². The first-order chi connectivity index (χ1) is 11.3. The van der Waals surface area contributed by atoms with E-state index in [-0.39, 0.29) is 5.91 Å². The van der Waals surface area contributed by atoms with Crippen molar-refractivity contribution in [3.63, 3.8) is 0 Å². The van der Waals surface area contributed by atoms with Crippen LogP contribution in [0.3, 0.4) is 0 Å². The quantitative estimate of drug-likeness (QED) is 0.804. The number of hydrogen-bond acceptors (Lipinski definition) is 3. The molecule has 24 heavy (non-hydrogen) atoms. The number of morpholine rings is 1. The molecule has 0 saturated carbocycles. The van der Waals surface area contributed by atoms with Gasteiger partial charge < -0.3 is 9.64 Å². The lowest BCUT2D eigenvalue weighted by molar-refractivity contribution is -0.137. The summed E-state index contributed by atoms with van der Waals surface area (Å²) in [4.78, 5) is 14.9. The van der Waals surface area contributed by atoms with Crippen molar-refractivity contribution >= 4 is 17.2 Å². The van der Waals surface area contributed by atoms with Gasteiger partial charge in [0.15, 0.2) is 0 Å². The molecule has 1 atom stereocenters. The molecule has 1 aromatic carbocycles. The summed E-state index contributed by atoms with van der Waals surface area (Å²) in [5.74, 6) is -0.0617. The molecule has 0 spiro atoms. The number of rotatable bonds is 2. The molecule has 2 aromatic rings. The van der Waals surface area contributed by atoms with Gasteiger partial charge in [-0.1, -0.05) is 12.1 Å². The van der Waals surface area contributed by atoms with Crippen molar-refractivity contribution in [1.82, 2.24) is 4.90 Å². The summed E-state index contributed by atoms with van der Waals surface area (Å²) in [7, 11) is 0. The number of aryl methyl sites for hydroxylation is 1. The molecule has 0 radical (unpaired) electrons. The van der Waals surface area contributed by atoms with Gasteiger partial charge in [0.05, 0.1) is 23.6 Å². The molecule has 0 bridgehead atoms. The maximum Gasteiger partial charge on any atom is 0.416 e. The second-order valence-electron chi connectivity index (χ2n) is 5.72. The summed E-state index contributed by atoms with van der Waals surface area (Å²) < 4.78 is 43.5. The van der Waals surface area contributed by atoms with E-state index in [9.17, 15) is 18.0 Å². The standard InChI is InChI=1S/C17H16F3NO2S/c1-11-8-15(24-10-11)16(22)21-6-7-23-14(9-21)12-2-4-13(5-3-12)17(18,19)20/h2-5,8,10,14H,6-7,9H2,1H3. The van der Waals surface area contributed by atoms with Gasteiger partial charge in [-0.05, 0) is 41.6 Å². The first-order valence-electron chi connectivity index (χ1n) is 7.48. The molecule has 0 N–H and O–H groups in total. The number of halogens is 3. The van der Waals surface area contributed by atoms with Crippen molar-refractivity contribution in [2.75, 3.05) is 19.7 Å². The van der Waals surface area contributed by atoms with E-state index in [2.05, 4.69) is 0 Å². The van der Waals surface area contributed by atoms with Crippen LogP contribution < -0.4 is 0 Å². The molecule has 128 valence electrons. The second kappa shape index (κ2) is 6.57. The zero-order valence-corrected chi connectivity index (χ0v) is 13.8. The Morgan fingerprint density at radius 3 is 2.58 bits per heavy atom. The molecule has 1 unspecified atom stereocenters. The molecular weight excluding hydrogens is 339 g/mol. The molecule has 1 amide bonds. The molecule has 1 fully saturated rings. The third kappa shape index (κ3) is 3.62. The van der Waals surface area contributed by atoms with Gasteiger partial charge in [0.1, 0.15) is 6.10 Å². The first-order valence-corrected chi connectivity index (χ1v) is 8.36. The van der Waals surface area contributed by atoms with Crippen LogP contribution >= 0.6 is 11.3 Å². The van der Waals surface area contributed by atoms with Gasteiger partial charge in [0.25, 0.3) is 5.91 Å². The number of carbonyl (C=O) groups excluding carboxylic acids is 1. The number of nitrogens with zero attached hydrogens (tertiary/aromatic N) is 1. The van der Waals surface area contributed by atoms with E-state index in [1.807, 2.05) is 18.4 Å². The average Bonchev–Trinajstić information content (AvgIpc) is 3.00. The number of thiophene rings is 1.